The molecule has 106 valence electrons. The van der Waals surface area contributed by atoms with Crippen molar-refractivity contribution in [3.8, 4) is 0 Å². The summed E-state index contributed by atoms with van der Waals surface area (Å²) in [7, 11) is 1.31. The number of hydrogen-bond acceptors (Lipinski definition) is 3. The summed E-state index contributed by atoms with van der Waals surface area (Å²) in [6.45, 7) is 8.03. The minimum absolute atomic E-state index is 0.0459. The van der Waals surface area contributed by atoms with Crippen molar-refractivity contribution in [1.82, 2.24) is 5.32 Å². The van der Waals surface area contributed by atoms with Gasteiger partial charge < -0.3 is 10.1 Å². The van der Waals surface area contributed by atoms with Gasteiger partial charge in [-0.15, -0.1) is 0 Å². The number of methoxy groups -OCH3 is 1. The molecule has 0 aliphatic carbocycles. The first kappa shape index (κ1) is 16.9. The van der Waals surface area contributed by atoms with Crippen LogP contribution in [0.15, 0.2) is 0 Å². The van der Waals surface area contributed by atoms with Crippen molar-refractivity contribution in [2.45, 2.75) is 59.4 Å². The van der Waals surface area contributed by atoms with Gasteiger partial charge >= 0.3 is 6.09 Å². The van der Waals surface area contributed by atoms with Gasteiger partial charge in [0.05, 0.1) is 13.2 Å². The Morgan fingerprint density at radius 3 is 1.94 bits per heavy atom. The van der Waals surface area contributed by atoms with Crippen molar-refractivity contribution in [2.75, 3.05) is 7.11 Å². The summed E-state index contributed by atoms with van der Waals surface area (Å²) in [5.74, 6) is 0.261. The van der Waals surface area contributed by atoms with E-state index in [1.54, 1.807) is 0 Å². The van der Waals surface area contributed by atoms with Crippen LogP contribution in [-0.2, 0) is 9.53 Å². The van der Waals surface area contributed by atoms with E-state index >= 15 is 0 Å². The normalized spacial score (nSPS) is 12.6. The number of ether oxygens (including phenoxy) is 1. The highest BCUT2D eigenvalue weighted by Gasteiger charge is 2.29. The molecule has 0 saturated carbocycles. The van der Waals surface area contributed by atoms with E-state index in [2.05, 4.69) is 23.9 Å². The third-order valence-corrected chi connectivity index (χ3v) is 3.11. The number of nitrogens with one attached hydrogen (secondary N) is 1. The topological polar surface area (TPSA) is 55.4 Å². The van der Waals surface area contributed by atoms with Gasteiger partial charge in [0.25, 0.3) is 0 Å². The Morgan fingerprint density at radius 2 is 1.61 bits per heavy atom. The van der Waals surface area contributed by atoms with Crippen molar-refractivity contribution in [2.24, 2.45) is 11.8 Å². The van der Waals surface area contributed by atoms with E-state index in [-0.39, 0.29) is 17.6 Å². The fourth-order valence-corrected chi connectivity index (χ4v) is 2.13. The van der Waals surface area contributed by atoms with Gasteiger partial charge in [-0.3, -0.25) is 4.79 Å². The van der Waals surface area contributed by atoms with E-state index in [9.17, 15) is 9.59 Å². The minimum Gasteiger partial charge on any atom is -0.453 e. The fourth-order valence-electron chi connectivity index (χ4n) is 2.13. The van der Waals surface area contributed by atoms with E-state index in [0.717, 1.165) is 25.7 Å². The maximum absolute atomic E-state index is 12.4. The lowest BCUT2D eigenvalue weighted by Crippen LogP contribution is -2.46. The molecule has 1 N–H and O–H groups in total. The molecule has 4 heteroatoms. The number of amides is 1. The summed E-state index contributed by atoms with van der Waals surface area (Å²) in [4.78, 5) is 23.7. The average molecular weight is 257 g/mol. The lowest BCUT2D eigenvalue weighted by molar-refractivity contribution is -0.126. The Kier molecular flexibility index (Phi) is 8.42. The fraction of sp³-hybridized carbons (Fsp3) is 0.857. The van der Waals surface area contributed by atoms with Gasteiger partial charge in [0, 0.05) is 5.92 Å². The van der Waals surface area contributed by atoms with Crippen LogP contribution in [-0.4, -0.2) is 25.0 Å². The second-order valence-electron chi connectivity index (χ2n) is 5.03. The highest BCUT2D eigenvalue weighted by Crippen LogP contribution is 2.19. The van der Waals surface area contributed by atoms with Crippen molar-refractivity contribution >= 4 is 11.9 Å². The van der Waals surface area contributed by atoms with Crippen LogP contribution >= 0.6 is 0 Å². The van der Waals surface area contributed by atoms with Gasteiger partial charge in [0.2, 0.25) is 0 Å². The van der Waals surface area contributed by atoms with Crippen molar-refractivity contribution < 1.29 is 14.3 Å². The summed E-state index contributed by atoms with van der Waals surface area (Å²) in [5, 5.41) is 2.65. The first-order chi connectivity index (χ1) is 8.47. The zero-order chi connectivity index (χ0) is 14.1. The summed E-state index contributed by atoms with van der Waals surface area (Å²) in [6, 6.07) is -0.444. The molecule has 0 aromatic heterocycles. The summed E-state index contributed by atoms with van der Waals surface area (Å²) >= 11 is 0. The second-order valence-corrected chi connectivity index (χ2v) is 5.03. The molecule has 0 spiro atoms. The molecule has 18 heavy (non-hydrogen) atoms. The van der Waals surface area contributed by atoms with Crippen LogP contribution in [0.2, 0.25) is 0 Å². The van der Waals surface area contributed by atoms with Crippen LogP contribution in [0.3, 0.4) is 0 Å². The van der Waals surface area contributed by atoms with Gasteiger partial charge in [0.15, 0.2) is 5.78 Å². The summed E-state index contributed by atoms with van der Waals surface area (Å²) in [6.07, 6.45) is 3.21. The number of ketones is 1. The van der Waals surface area contributed by atoms with E-state index in [4.69, 9.17) is 0 Å². The Hall–Kier alpha value is -1.06. The van der Waals surface area contributed by atoms with Gasteiger partial charge in [-0.1, -0.05) is 40.5 Å². The standard InChI is InChI=1S/C14H27NO3/c1-6-8-11(9-7-2)13(16)12(10(3)4)15-14(17)18-5/h10-12H,6-9H2,1-5H3,(H,15,17)/t12-/m0/s1. The number of carbonyl (C=O) groups is 2. The molecular weight excluding hydrogens is 230 g/mol. The molecule has 0 aromatic rings. The highest BCUT2D eigenvalue weighted by atomic mass is 16.5. The number of rotatable bonds is 8. The zero-order valence-electron chi connectivity index (χ0n) is 12.3. The smallest absolute Gasteiger partial charge is 0.407 e. The monoisotopic (exact) mass is 257 g/mol. The molecule has 0 rings (SSSR count). The molecule has 0 unspecified atom stereocenters. The van der Waals surface area contributed by atoms with E-state index in [1.807, 2.05) is 13.8 Å². The van der Waals surface area contributed by atoms with Crippen LogP contribution < -0.4 is 5.32 Å². The maximum Gasteiger partial charge on any atom is 0.407 e. The number of carbonyl (C=O) groups excluding carboxylic acids is 2. The molecule has 0 fully saturated rings. The Morgan fingerprint density at radius 1 is 1.11 bits per heavy atom. The maximum atomic E-state index is 12.4. The number of alkyl carbamates (subject to hydrolysis) is 1. The van der Waals surface area contributed by atoms with Crippen LogP contribution in [0.1, 0.15) is 53.4 Å². The number of Topliss-reactive ketones (excluding diaryl/α,β-unsaturated/α-hetero) is 1. The summed E-state index contributed by atoms with van der Waals surface area (Å²) < 4.78 is 4.58. The molecule has 0 bridgehead atoms. The quantitative estimate of drug-likeness (QED) is 0.726. The van der Waals surface area contributed by atoms with E-state index < -0.39 is 12.1 Å². The SMILES string of the molecule is CCCC(CCC)C(=O)[C@@H](NC(=O)OC)C(C)C. The molecule has 0 radical (unpaired) electrons. The van der Waals surface area contributed by atoms with Crippen LogP contribution in [0, 0.1) is 11.8 Å². The highest BCUT2D eigenvalue weighted by molar-refractivity contribution is 5.89. The molecule has 4 nitrogen and oxygen atoms in total. The largest absolute Gasteiger partial charge is 0.453 e. The number of hydrogen-bond donors (Lipinski definition) is 1. The molecular formula is C14H27NO3. The molecule has 0 aliphatic rings. The molecule has 0 saturated heterocycles. The van der Waals surface area contributed by atoms with Crippen LogP contribution in [0.4, 0.5) is 4.79 Å². The van der Waals surface area contributed by atoms with Gasteiger partial charge in [0.1, 0.15) is 0 Å². The molecule has 0 heterocycles. The van der Waals surface area contributed by atoms with Crippen molar-refractivity contribution in [3.63, 3.8) is 0 Å². The average Bonchev–Trinajstić information content (AvgIpc) is 2.34. The second kappa shape index (κ2) is 8.95. The first-order valence-electron chi connectivity index (χ1n) is 6.86. The van der Waals surface area contributed by atoms with Gasteiger partial charge in [-0.25, -0.2) is 4.79 Å². The summed E-state index contributed by atoms with van der Waals surface area (Å²) in [5.41, 5.74) is 0. The predicted molar refractivity (Wildman–Crippen MR) is 72.5 cm³/mol. The molecule has 0 aromatic carbocycles. The third-order valence-electron chi connectivity index (χ3n) is 3.11. The minimum atomic E-state index is -0.534. The van der Waals surface area contributed by atoms with E-state index in [0.29, 0.717) is 0 Å². The van der Waals surface area contributed by atoms with Crippen molar-refractivity contribution in [3.05, 3.63) is 0 Å². The zero-order valence-corrected chi connectivity index (χ0v) is 12.3. The van der Waals surface area contributed by atoms with Crippen molar-refractivity contribution in [1.29, 1.82) is 0 Å². The lowest BCUT2D eigenvalue weighted by atomic mass is 9.86. The van der Waals surface area contributed by atoms with Gasteiger partial charge in [-0.2, -0.15) is 0 Å². The molecule has 1 amide bonds. The van der Waals surface area contributed by atoms with Crippen LogP contribution in [0.25, 0.3) is 0 Å². The lowest BCUT2D eigenvalue weighted by Gasteiger charge is -2.25. The molecule has 1 atom stereocenters. The Balaban J connectivity index is 4.75. The Bertz CT molecular complexity index is 258. The molecule has 0 aliphatic heterocycles. The third kappa shape index (κ3) is 5.52. The predicted octanol–water partition coefficient (Wildman–Crippen LogP) is 3.15. The van der Waals surface area contributed by atoms with Crippen LogP contribution in [0.5, 0.6) is 0 Å². The first-order valence-corrected chi connectivity index (χ1v) is 6.86. The van der Waals surface area contributed by atoms with Gasteiger partial charge in [-0.05, 0) is 18.8 Å². The van der Waals surface area contributed by atoms with E-state index in [1.165, 1.54) is 7.11 Å². The Labute approximate surface area is 110 Å².